The van der Waals surface area contributed by atoms with Crippen LogP contribution in [0.15, 0.2) is 66.7 Å². The third-order valence-corrected chi connectivity index (χ3v) is 7.02. The highest BCUT2D eigenvalue weighted by Crippen LogP contribution is 2.44. The second-order valence-corrected chi connectivity index (χ2v) is 10.5. The Balaban J connectivity index is 1.59. The minimum atomic E-state index is -1.21. The topological polar surface area (TPSA) is 105 Å². The molecule has 1 aliphatic carbocycles. The smallest absolute Gasteiger partial charge is 0.410 e. The minimum absolute atomic E-state index is 0.00117. The SMILES string of the molecule is CNC(=O)c1ccc(C[C@@H](C(=O)O)N(C(=O)OCC2c3ccccc3-c3ccccc32)C(C)(C)C)cc1OC. The number of carbonyl (C=O) groups is 3. The molecule has 39 heavy (non-hydrogen) atoms. The molecule has 0 unspecified atom stereocenters. The maximum atomic E-state index is 13.6. The zero-order valence-electron chi connectivity index (χ0n) is 22.9. The molecule has 0 aliphatic heterocycles. The summed E-state index contributed by atoms with van der Waals surface area (Å²) in [6, 6.07) is 19.7. The Morgan fingerprint density at radius 2 is 1.56 bits per heavy atom. The molecule has 0 aromatic heterocycles. The number of carbonyl (C=O) groups excluding carboxylic acids is 2. The summed E-state index contributed by atoms with van der Waals surface area (Å²) in [4.78, 5) is 39.5. The van der Waals surface area contributed by atoms with Crippen LogP contribution >= 0.6 is 0 Å². The molecule has 204 valence electrons. The molecule has 8 nitrogen and oxygen atoms in total. The second kappa shape index (κ2) is 11.2. The van der Waals surface area contributed by atoms with Crippen LogP contribution in [0.5, 0.6) is 5.75 Å². The molecule has 0 spiro atoms. The molecule has 0 fully saturated rings. The average molecular weight is 531 g/mol. The molecular weight excluding hydrogens is 496 g/mol. The highest BCUT2D eigenvalue weighted by molar-refractivity contribution is 5.96. The number of amides is 2. The van der Waals surface area contributed by atoms with Crippen molar-refractivity contribution in [1.82, 2.24) is 10.2 Å². The first-order valence-electron chi connectivity index (χ1n) is 12.8. The fraction of sp³-hybridized carbons (Fsp3) is 0.323. The maximum Gasteiger partial charge on any atom is 0.410 e. The summed E-state index contributed by atoms with van der Waals surface area (Å²) in [6.07, 6.45) is -0.702. The van der Waals surface area contributed by atoms with Gasteiger partial charge in [-0.25, -0.2) is 9.59 Å². The lowest BCUT2D eigenvalue weighted by Crippen LogP contribution is -2.55. The molecule has 0 radical (unpaired) electrons. The quantitative estimate of drug-likeness (QED) is 0.420. The van der Waals surface area contributed by atoms with Gasteiger partial charge in [0, 0.05) is 24.9 Å². The van der Waals surface area contributed by atoms with Crippen molar-refractivity contribution in [3.8, 4) is 16.9 Å². The summed E-state index contributed by atoms with van der Waals surface area (Å²) >= 11 is 0. The van der Waals surface area contributed by atoms with E-state index in [1.165, 1.54) is 19.1 Å². The van der Waals surface area contributed by atoms with Crippen molar-refractivity contribution >= 4 is 18.0 Å². The Morgan fingerprint density at radius 3 is 2.08 bits per heavy atom. The van der Waals surface area contributed by atoms with E-state index in [1.54, 1.807) is 39.0 Å². The number of benzene rings is 3. The van der Waals surface area contributed by atoms with Crippen LogP contribution in [0.2, 0.25) is 0 Å². The number of ether oxygens (including phenoxy) is 2. The number of methoxy groups -OCH3 is 1. The molecule has 0 bridgehead atoms. The fourth-order valence-corrected chi connectivity index (χ4v) is 5.23. The summed E-state index contributed by atoms with van der Waals surface area (Å²) in [6.45, 7) is 5.42. The van der Waals surface area contributed by atoms with Crippen LogP contribution in [0.1, 0.15) is 53.7 Å². The van der Waals surface area contributed by atoms with Gasteiger partial charge in [0.25, 0.3) is 5.91 Å². The Labute approximate surface area is 228 Å². The van der Waals surface area contributed by atoms with Crippen molar-refractivity contribution in [2.45, 2.75) is 44.7 Å². The summed E-state index contributed by atoms with van der Waals surface area (Å²) in [5.41, 5.74) is 4.46. The number of hydrogen-bond acceptors (Lipinski definition) is 5. The number of carboxylic acid groups (broad SMARTS) is 1. The molecule has 8 heteroatoms. The number of nitrogens with one attached hydrogen (secondary N) is 1. The monoisotopic (exact) mass is 530 g/mol. The van der Waals surface area contributed by atoms with E-state index in [0.29, 0.717) is 16.9 Å². The number of carboxylic acids is 1. The van der Waals surface area contributed by atoms with Crippen molar-refractivity contribution in [2.24, 2.45) is 0 Å². The van der Waals surface area contributed by atoms with Crippen LogP contribution in [0.25, 0.3) is 11.1 Å². The average Bonchev–Trinajstić information content (AvgIpc) is 3.23. The lowest BCUT2D eigenvalue weighted by atomic mass is 9.97. The van der Waals surface area contributed by atoms with Gasteiger partial charge in [0.05, 0.1) is 12.7 Å². The molecule has 0 saturated heterocycles. The van der Waals surface area contributed by atoms with Crippen LogP contribution in [-0.4, -0.2) is 60.3 Å². The molecule has 0 heterocycles. The van der Waals surface area contributed by atoms with Crippen LogP contribution in [-0.2, 0) is 16.0 Å². The van der Waals surface area contributed by atoms with E-state index in [9.17, 15) is 19.5 Å². The molecule has 3 aromatic carbocycles. The van der Waals surface area contributed by atoms with E-state index in [2.05, 4.69) is 17.4 Å². The minimum Gasteiger partial charge on any atom is -0.496 e. The van der Waals surface area contributed by atoms with Gasteiger partial charge in [-0.3, -0.25) is 9.69 Å². The van der Waals surface area contributed by atoms with Crippen molar-refractivity contribution in [1.29, 1.82) is 0 Å². The van der Waals surface area contributed by atoms with Gasteiger partial charge in [-0.2, -0.15) is 0 Å². The molecule has 2 N–H and O–H groups in total. The van der Waals surface area contributed by atoms with Gasteiger partial charge in [-0.1, -0.05) is 54.6 Å². The Kier molecular flexibility index (Phi) is 7.95. The molecular formula is C31H34N2O6. The molecule has 1 aliphatic rings. The normalized spacial score (nSPS) is 13.2. The third-order valence-electron chi connectivity index (χ3n) is 7.02. The lowest BCUT2D eigenvalue weighted by Gasteiger charge is -2.39. The van der Waals surface area contributed by atoms with Gasteiger partial charge in [0.1, 0.15) is 18.4 Å². The number of nitrogens with zero attached hydrogens (tertiary/aromatic N) is 1. The molecule has 0 saturated carbocycles. The number of aliphatic carboxylic acids is 1. The Hall–Kier alpha value is -4.33. The number of fused-ring (bicyclic) bond motifs is 3. The predicted molar refractivity (Wildman–Crippen MR) is 148 cm³/mol. The highest BCUT2D eigenvalue weighted by atomic mass is 16.6. The lowest BCUT2D eigenvalue weighted by molar-refractivity contribution is -0.144. The zero-order valence-corrected chi connectivity index (χ0v) is 22.9. The van der Waals surface area contributed by atoms with E-state index in [4.69, 9.17) is 9.47 Å². The second-order valence-electron chi connectivity index (χ2n) is 10.5. The summed E-state index contributed by atoms with van der Waals surface area (Å²) < 4.78 is 11.2. The zero-order chi connectivity index (χ0) is 28.3. The standard InChI is InChI=1S/C31H34N2O6/c1-31(2,3)33(26(29(35)36)16-19-14-15-24(28(34)32-4)27(17-19)38-5)30(37)39-18-25-22-12-8-6-10-20(22)21-11-7-9-13-23(21)25/h6-15,17,25-26H,16,18H2,1-5H3,(H,32,34)(H,35,36)/t26-/m0/s1. The fourth-order valence-electron chi connectivity index (χ4n) is 5.23. The van der Waals surface area contributed by atoms with Crippen LogP contribution in [0.4, 0.5) is 4.79 Å². The van der Waals surface area contributed by atoms with Gasteiger partial charge < -0.3 is 19.9 Å². The van der Waals surface area contributed by atoms with E-state index in [-0.39, 0.29) is 24.9 Å². The van der Waals surface area contributed by atoms with E-state index < -0.39 is 23.6 Å². The molecule has 4 rings (SSSR count). The maximum absolute atomic E-state index is 13.6. The van der Waals surface area contributed by atoms with Gasteiger partial charge in [-0.05, 0) is 60.7 Å². The van der Waals surface area contributed by atoms with Crippen LogP contribution in [0.3, 0.4) is 0 Å². The predicted octanol–water partition coefficient (Wildman–Crippen LogP) is 5.10. The van der Waals surface area contributed by atoms with Gasteiger partial charge in [-0.15, -0.1) is 0 Å². The van der Waals surface area contributed by atoms with Crippen molar-refractivity contribution in [3.05, 3.63) is 89.0 Å². The molecule has 3 aromatic rings. The van der Waals surface area contributed by atoms with Crippen LogP contribution < -0.4 is 10.1 Å². The number of rotatable bonds is 8. The molecule has 2 amide bonds. The van der Waals surface area contributed by atoms with Gasteiger partial charge in [0.15, 0.2) is 0 Å². The Bertz CT molecular complexity index is 1350. The van der Waals surface area contributed by atoms with E-state index >= 15 is 0 Å². The largest absolute Gasteiger partial charge is 0.496 e. The first-order valence-corrected chi connectivity index (χ1v) is 12.8. The van der Waals surface area contributed by atoms with E-state index in [1.807, 2.05) is 36.4 Å². The van der Waals surface area contributed by atoms with E-state index in [0.717, 1.165) is 22.3 Å². The van der Waals surface area contributed by atoms with Crippen molar-refractivity contribution in [2.75, 3.05) is 20.8 Å². The highest BCUT2D eigenvalue weighted by Gasteiger charge is 2.39. The molecule has 1 atom stereocenters. The third kappa shape index (κ3) is 5.60. The van der Waals surface area contributed by atoms with Crippen LogP contribution in [0, 0.1) is 0 Å². The summed E-state index contributed by atoms with van der Waals surface area (Å²) in [5.74, 6) is -1.30. The van der Waals surface area contributed by atoms with Crippen molar-refractivity contribution in [3.63, 3.8) is 0 Å². The first kappa shape index (κ1) is 27.7. The van der Waals surface area contributed by atoms with Crippen molar-refractivity contribution < 1.29 is 29.0 Å². The Morgan fingerprint density at radius 1 is 0.974 bits per heavy atom. The summed E-state index contributed by atoms with van der Waals surface area (Å²) in [5, 5.41) is 12.8. The summed E-state index contributed by atoms with van der Waals surface area (Å²) in [7, 11) is 2.96. The first-order chi connectivity index (χ1) is 18.6. The van der Waals surface area contributed by atoms with Gasteiger partial charge in [0.2, 0.25) is 0 Å². The van der Waals surface area contributed by atoms with Gasteiger partial charge >= 0.3 is 12.1 Å². The number of hydrogen-bond donors (Lipinski definition) is 2.